The van der Waals surface area contributed by atoms with Crippen LogP contribution in [0, 0.1) is 79.6 Å². The number of aliphatic hydroxyl groups is 4. The maximum absolute atomic E-state index is 14.3. The van der Waals surface area contributed by atoms with Crippen molar-refractivity contribution in [1.82, 2.24) is 5.32 Å². The molecule has 8 unspecified atom stereocenters. The zero-order valence-electron chi connectivity index (χ0n) is 37.5. The number of carbonyl (C=O) groups is 2. The number of alkyl carbamates (subject to hydrolysis) is 1. The number of methoxy groups -OCH3 is 1. The topological polar surface area (TPSA) is 218 Å². The molecule has 1 amide bonds. The first-order chi connectivity index (χ1) is 26.4. The van der Waals surface area contributed by atoms with E-state index in [-0.39, 0.29) is 87.2 Å². The fraction of sp³-hybridized carbons (Fsp3) is 0.952. The van der Waals surface area contributed by atoms with E-state index >= 15 is 0 Å². The second-order valence-electron chi connectivity index (χ2n) is 18.3. The summed E-state index contributed by atoms with van der Waals surface area (Å²) in [5, 5.41) is 50.0. The molecule has 0 bridgehead atoms. The van der Waals surface area contributed by atoms with Crippen molar-refractivity contribution in [2.45, 2.75) is 200 Å². The van der Waals surface area contributed by atoms with E-state index in [1.165, 1.54) is 14.0 Å². The Hall–Kier alpha value is -0.218. The van der Waals surface area contributed by atoms with Gasteiger partial charge in [0.05, 0.1) is 42.0 Å². The Balaban J connectivity index is 0.0000116. The van der Waals surface area contributed by atoms with Crippen molar-refractivity contribution in [1.29, 1.82) is 0 Å². The minimum Gasteiger partial charge on any atom is -0.459 e. The smallest absolute Gasteiger partial charge is 0.407 e. The number of amides is 1. The molecule has 1 radical (unpaired) electrons. The predicted octanol–water partition coefficient (Wildman–Crippen LogP) is 4.03. The number of aliphatic hydroxyl groups excluding tert-OH is 2. The molecule has 0 aliphatic carbocycles. The Morgan fingerprint density at radius 3 is 2.12 bits per heavy atom. The molecular formula is C42H78AcN2O13. The molecule has 58 heavy (non-hydrogen) atoms. The normalized spacial score (nSPS) is 45.9. The van der Waals surface area contributed by atoms with Crippen LogP contribution < -0.4 is 11.1 Å². The molecule has 0 saturated carbocycles. The number of rotatable bonds is 11. The van der Waals surface area contributed by atoms with Crippen LogP contribution >= 0.6 is 0 Å². The fourth-order valence-electron chi connectivity index (χ4n) is 9.33. The van der Waals surface area contributed by atoms with E-state index in [2.05, 4.69) is 5.32 Å². The van der Waals surface area contributed by atoms with E-state index in [1.54, 1.807) is 34.6 Å². The van der Waals surface area contributed by atoms with Crippen molar-refractivity contribution in [3.8, 4) is 0 Å². The monoisotopic (exact) mass is 1050 g/mol. The maximum Gasteiger partial charge on any atom is 0.407 e. The van der Waals surface area contributed by atoms with Crippen molar-refractivity contribution in [3.63, 3.8) is 0 Å². The summed E-state index contributed by atoms with van der Waals surface area (Å²) in [5.74, 6) is -3.50. The molecule has 7 N–H and O–H groups in total. The van der Waals surface area contributed by atoms with Crippen LogP contribution in [-0.4, -0.2) is 131 Å². The van der Waals surface area contributed by atoms with Crippen LogP contribution in [0.2, 0.25) is 0 Å². The third kappa shape index (κ3) is 13.2. The van der Waals surface area contributed by atoms with Gasteiger partial charge in [0.1, 0.15) is 23.4 Å². The molecule has 3 fully saturated rings. The number of hydrogen-bond donors (Lipinski definition) is 6. The van der Waals surface area contributed by atoms with Crippen molar-refractivity contribution in [2.75, 3.05) is 20.2 Å². The van der Waals surface area contributed by atoms with Crippen molar-refractivity contribution in [2.24, 2.45) is 41.2 Å². The Morgan fingerprint density at radius 2 is 1.53 bits per heavy atom. The van der Waals surface area contributed by atoms with E-state index in [4.69, 9.17) is 38.9 Å². The van der Waals surface area contributed by atoms with Gasteiger partial charge in [-0.2, -0.15) is 0 Å². The molecule has 3 rings (SSSR count). The summed E-state index contributed by atoms with van der Waals surface area (Å²) in [5.41, 5.74) is 1.11. The van der Waals surface area contributed by atoms with Gasteiger partial charge in [0.2, 0.25) is 0 Å². The summed E-state index contributed by atoms with van der Waals surface area (Å²) >= 11 is 0. The number of hydrogen-bond acceptors (Lipinski definition) is 14. The zero-order chi connectivity index (χ0) is 43.2. The van der Waals surface area contributed by atoms with Crippen LogP contribution in [0.1, 0.15) is 122 Å². The maximum atomic E-state index is 14.3. The minimum absolute atomic E-state index is 0. The Labute approximate surface area is 383 Å². The third-order valence-corrected chi connectivity index (χ3v) is 13.4. The Kier molecular flexibility index (Phi) is 21.3. The molecule has 19 atom stereocenters. The van der Waals surface area contributed by atoms with Gasteiger partial charge in [-0.05, 0) is 104 Å². The Morgan fingerprint density at radius 1 is 0.897 bits per heavy atom. The van der Waals surface area contributed by atoms with Gasteiger partial charge >= 0.3 is 12.1 Å². The molecule has 0 aromatic rings. The van der Waals surface area contributed by atoms with E-state index in [9.17, 15) is 30.0 Å². The average molecular weight is 1050 g/mol. The molecule has 3 aliphatic heterocycles. The largest absolute Gasteiger partial charge is 0.459 e. The van der Waals surface area contributed by atoms with Crippen LogP contribution in [0.15, 0.2) is 0 Å². The van der Waals surface area contributed by atoms with Crippen molar-refractivity contribution in [3.05, 3.63) is 0 Å². The molecular weight excluding hydrogens is 967 g/mol. The number of nitrogens with two attached hydrogens (primary N) is 1. The summed E-state index contributed by atoms with van der Waals surface area (Å²) < 4.78 is 43.9. The third-order valence-electron chi connectivity index (χ3n) is 13.4. The number of carbonyl (C=O) groups excluding carboxylic acids is 2. The number of esters is 1. The average Bonchev–Trinajstić information content (AvgIpc) is 3.14. The minimum atomic E-state index is -1.80. The summed E-state index contributed by atoms with van der Waals surface area (Å²) in [4.78, 5) is 27.1. The van der Waals surface area contributed by atoms with E-state index in [0.29, 0.717) is 25.9 Å². The second kappa shape index (κ2) is 22.9. The first-order valence-electron chi connectivity index (χ1n) is 21.3. The number of ether oxygens (including phenoxy) is 7. The van der Waals surface area contributed by atoms with E-state index < -0.39 is 102 Å². The zero-order valence-corrected chi connectivity index (χ0v) is 42.3. The Bertz CT molecular complexity index is 1280. The van der Waals surface area contributed by atoms with E-state index in [0.717, 1.165) is 6.42 Å². The van der Waals surface area contributed by atoms with Gasteiger partial charge in [-0.25, -0.2) is 4.79 Å². The summed E-state index contributed by atoms with van der Waals surface area (Å²) in [7, 11) is 1.52. The number of unbranched alkanes of at least 4 members (excludes halogenated alkanes) is 1. The summed E-state index contributed by atoms with van der Waals surface area (Å²) in [6.07, 6.45) is -7.27. The van der Waals surface area contributed by atoms with Gasteiger partial charge in [-0.15, -0.1) is 0 Å². The molecule has 3 aliphatic rings. The van der Waals surface area contributed by atoms with Crippen LogP contribution in [0.4, 0.5) is 4.79 Å². The van der Waals surface area contributed by atoms with Crippen molar-refractivity contribution >= 4 is 12.1 Å². The summed E-state index contributed by atoms with van der Waals surface area (Å²) in [6, 6.07) is 0. The molecule has 0 spiro atoms. The van der Waals surface area contributed by atoms with Crippen LogP contribution in [-0.2, 0) is 38.0 Å². The predicted molar refractivity (Wildman–Crippen MR) is 213 cm³/mol. The summed E-state index contributed by atoms with van der Waals surface area (Å²) in [6.45, 7) is 22.5. The molecule has 16 heteroatoms. The first-order valence-corrected chi connectivity index (χ1v) is 21.3. The number of nitrogens with one attached hydrogen (secondary N) is 1. The molecule has 0 aromatic carbocycles. The SMILES string of the molecule is CC[C@H]1OC(=O)[C@H](C)[C@@H](OC2CC(C)(OC)C(OC(=O)NCCCCN)C(C)O2)[C@H](C)[C@@H](OC2OC(C)CC(C)C2O)[C@](C)(O)C[C@@H](C)[C@H](C)[C@H](C)[C@@H](O)[C@]1(C)O.[Ac]. The van der Waals surface area contributed by atoms with Gasteiger partial charge in [-0.3, -0.25) is 4.79 Å². The van der Waals surface area contributed by atoms with Crippen LogP contribution in [0.5, 0.6) is 0 Å². The first kappa shape index (κ1) is 53.9. The van der Waals surface area contributed by atoms with Crippen molar-refractivity contribution < 1.29 is 107 Å². The quantitative estimate of drug-likeness (QED) is 0.127. The van der Waals surface area contributed by atoms with Gasteiger partial charge in [-0.1, -0.05) is 41.5 Å². The molecule has 15 nitrogen and oxygen atoms in total. The van der Waals surface area contributed by atoms with Gasteiger partial charge in [0.15, 0.2) is 18.7 Å². The van der Waals surface area contributed by atoms with Gasteiger partial charge in [0.25, 0.3) is 0 Å². The van der Waals surface area contributed by atoms with Gasteiger partial charge in [0, 0.05) is 70.1 Å². The van der Waals surface area contributed by atoms with Crippen LogP contribution in [0.25, 0.3) is 0 Å². The second-order valence-corrected chi connectivity index (χ2v) is 18.3. The van der Waals surface area contributed by atoms with Gasteiger partial charge < -0.3 is 64.6 Å². The van der Waals surface area contributed by atoms with Crippen LogP contribution in [0.3, 0.4) is 0 Å². The standard InChI is InChI=1S/C42H78N2O13.Ac/c1-14-30-42(12,50)34(46)26(6)25(5)23(3)20-40(10,49)35(56-38-32(45)22(2)19-24(4)52-38)27(7)33(28(8)37(47)54-30)55-31-21-41(11,51-13)36(29(9)53-31)57-39(48)44-18-16-15-17-43;/h22-36,38,45-46,49-50H,14-21,43H2,1-13H3,(H,44,48);/t22?,23-,24?,25+,26+,27+,28-,29?,30-,31?,32?,33+,34-,35-,36?,38?,40-,41?,42-;/m1./s1. The molecule has 3 saturated heterocycles. The van der Waals surface area contributed by atoms with E-state index in [1.807, 2.05) is 41.5 Å². The molecule has 0 aromatic heterocycles. The number of cyclic esters (lactones) is 1. The fourth-order valence-corrected chi connectivity index (χ4v) is 9.33. The molecule has 337 valence electrons. The molecule has 3 heterocycles.